The Balaban J connectivity index is 1.77. The molecule has 148 valence electrons. The van der Waals surface area contributed by atoms with E-state index in [1.165, 1.54) is 26.9 Å². The number of hydrogen-bond donors (Lipinski definition) is 0. The number of rotatable bonds is 2. The van der Waals surface area contributed by atoms with Crippen LogP contribution in [0.5, 0.6) is 0 Å². The molecular weight excluding hydrogens is 403 g/mol. The van der Waals surface area contributed by atoms with Gasteiger partial charge >= 0.3 is 6.18 Å². The maximum absolute atomic E-state index is 13.1. The number of aromatic nitrogens is 7. The molecular formula is C18H14F3N7S. The SMILES string of the molecule is CCn1nc(C(F)(F)F)cc1-c1nc2c3sc4nc(C)cc(C)c4c3ncn2n1. The molecule has 0 saturated heterocycles. The summed E-state index contributed by atoms with van der Waals surface area (Å²) in [6, 6.07) is 2.97. The van der Waals surface area contributed by atoms with Crippen LogP contribution in [0, 0.1) is 13.8 Å². The van der Waals surface area contributed by atoms with Gasteiger partial charge < -0.3 is 0 Å². The molecule has 5 aromatic rings. The van der Waals surface area contributed by atoms with E-state index in [9.17, 15) is 13.2 Å². The molecule has 5 rings (SSSR count). The fourth-order valence-electron chi connectivity index (χ4n) is 3.45. The topological polar surface area (TPSA) is 73.8 Å². The van der Waals surface area contributed by atoms with E-state index in [2.05, 4.69) is 25.1 Å². The lowest BCUT2D eigenvalue weighted by Crippen LogP contribution is -2.07. The Labute approximate surface area is 165 Å². The van der Waals surface area contributed by atoms with Gasteiger partial charge in [0.25, 0.3) is 0 Å². The first-order valence-corrected chi connectivity index (χ1v) is 9.65. The van der Waals surface area contributed by atoms with E-state index in [4.69, 9.17) is 0 Å². The van der Waals surface area contributed by atoms with Gasteiger partial charge in [0.2, 0.25) is 5.82 Å². The first-order chi connectivity index (χ1) is 13.8. The molecule has 0 unspecified atom stereocenters. The van der Waals surface area contributed by atoms with Crippen molar-refractivity contribution in [3.63, 3.8) is 0 Å². The number of nitrogens with zero attached hydrogens (tertiary/aromatic N) is 7. The van der Waals surface area contributed by atoms with Crippen molar-refractivity contribution in [3.05, 3.63) is 35.4 Å². The van der Waals surface area contributed by atoms with Crippen LogP contribution in [0.1, 0.15) is 23.9 Å². The molecule has 5 aromatic heterocycles. The number of pyridine rings is 1. The van der Waals surface area contributed by atoms with Gasteiger partial charge in [0.15, 0.2) is 11.3 Å². The average Bonchev–Trinajstić information content (AvgIpc) is 3.33. The van der Waals surface area contributed by atoms with Gasteiger partial charge in [-0.05, 0) is 38.5 Å². The average molecular weight is 417 g/mol. The molecule has 0 fully saturated rings. The summed E-state index contributed by atoms with van der Waals surface area (Å²) in [7, 11) is 0. The summed E-state index contributed by atoms with van der Waals surface area (Å²) in [5.74, 6) is 0.169. The lowest BCUT2D eigenvalue weighted by molar-refractivity contribution is -0.141. The fraction of sp³-hybridized carbons (Fsp3) is 0.278. The summed E-state index contributed by atoms with van der Waals surface area (Å²) in [6.07, 6.45) is -3.01. The Kier molecular flexibility index (Phi) is 3.69. The van der Waals surface area contributed by atoms with Crippen molar-refractivity contribution in [3.8, 4) is 11.5 Å². The van der Waals surface area contributed by atoms with E-state index >= 15 is 0 Å². The Morgan fingerprint density at radius 3 is 2.62 bits per heavy atom. The lowest BCUT2D eigenvalue weighted by atomic mass is 10.1. The molecule has 0 aliphatic carbocycles. The van der Waals surface area contributed by atoms with Crippen molar-refractivity contribution in [2.24, 2.45) is 0 Å². The van der Waals surface area contributed by atoms with Crippen LogP contribution in [-0.2, 0) is 12.7 Å². The molecule has 29 heavy (non-hydrogen) atoms. The molecule has 0 N–H and O–H groups in total. The predicted molar refractivity (Wildman–Crippen MR) is 103 cm³/mol. The summed E-state index contributed by atoms with van der Waals surface area (Å²) in [4.78, 5) is 14.5. The summed E-state index contributed by atoms with van der Waals surface area (Å²) in [5.41, 5.74) is 2.51. The monoisotopic (exact) mass is 417 g/mol. The first-order valence-electron chi connectivity index (χ1n) is 8.83. The maximum atomic E-state index is 13.1. The molecule has 7 nitrogen and oxygen atoms in total. The van der Waals surface area contributed by atoms with Crippen molar-refractivity contribution in [2.45, 2.75) is 33.5 Å². The molecule has 0 aromatic carbocycles. The van der Waals surface area contributed by atoms with Crippen LogP contribution in [0.25, 0.3) is 37.6 Å². The zero-order valence-corrected chi connectivity index (χ0v) is 16.4. The van der Waals surface area contributed by atoms with Crippen molar-refractivity contribution < 1.29 is 13.2 Å². The first kappa shape index (κ1) is 18.0. The van der Waals surface area contributed by atoms with Crippen LogP contribution < -0.4 is 0 Å². The van der Waals surface area contributed by atoms with Crippen molar-refractivity contribution in [2.75, 3.05) is 0 Å². The van der Waals surface area contributed by atoms with E-state index in [-0.39, 0.29) is 18.1 Å². The van der Waals surface area contributed by atoms with Crippen molar-refractivity contribution >= 4 is 37.4 Å². The van der Waals surface area contributed by atoms with Gasteiger partial charge in [0, 0.05) is 17.6 Å². The third-order valence-electron chi connectivity index (χ3n) is 4.69. The van der Waals surface area contributed by atoms with Crippen LogP contribution >= 0.6 is 11.3 Å². The molecule has 11 heteroatoms. The maximum Gasteiger partial charge on any atom is 0.435 e. The molecule has 0 bridgehead atoms. The van der Waals surface area contributed by atoms with Gasteiger partial charge in [-0.25, -0.2) is 19.5 Å². The van der Waals surface area contributed by atoms with Gasteiger partial charge in [-0.3, -0.25) is 4.68 Å². The largest absolute Gasteiger partial charge is 0.435 e. The fourth-order valence-corrected chi connectivity index (χ4v) is 4.68. The zero-order chi connectivity index (χ0) is 20.5. The highest BCUT2D eigenvalue weighted by atomic mass is 32.1. The minimum absolute atomic E-state index is 0.169. The van der Waals surface area contributed by atoms with E-state index in [1.807, 2.05) is 19.9 Å². The second kappa shape index (κ2) is 5.96. The van der Waals surface area contributed by atoms with Crippen LogP contribution in [-0.4, -0.2) is 34.3 Å². The highest BCUT2D eigenvalue weighted by Crippen LogP contribution is 2.36. The molecule has 0 spiro atoms. The third kappa shape index (κ3) is 2.68. The summed E-state index contributed by atoms with van der Waals surface area (Å²) < 4.78 is 42.8. The second-order valence-electron chi connectivity index (χ2n) is 6.72. The van der Waals surface area contributed by atoms with Crippen LogP contribution in [0.3, 0.4) is 0 Å². The smallest absolute Gasteiger partial charge is 0.261 e. The van der Waals surface area contributed by atoms with Gasteiger partial charge in [-0.15, -0.1) is 16.4 Å². The zero-order valence-electron chi connectivity index (χ0n) is 15.6. The van der Waals surface area contributed by atoms with E-state index in [0.29, 0.717) is 5.65 Å². The Hall–Kier alpha value is -3.08. The number of hydrogen-bond acceptors (Lipinski definition) is 6. The third-order valence-corrected chi connectivity index (χ3v) is 5.76. The number of thiophene rings is 1. The molecule has 0 saturated carbocycles. The molecule has 0 radical (unpaired) electrons. The quantitative estimate of drug-likeness (QED) is 0.426. The Morgan fingerprint density at radius 1 is 1.10 bits per heavy atom. The highest BCUT2D eigenvalue weighted by Gasteiger charge is 2.35. The molecule has 0 amide bonds. The standard InChI is InChI=1S/C18H14F3N7S/c1-4-27-10(6-11(25-27)18(19,20)21)15-24-16-14-13(22-7-28(16)26-15)12-8(2)5-9(3)23-17(12)29-14/h5-7H,4H2,1-3H3. The van der Waals surface area contributed by atoms with Crippen LogP contribution in [0.4, 0.5) is 13.2 Å². The van der Waals surface area contributed by atoms with Crippen molar-refractivity contribution in [1.82, 2.24) is 34.3 Å². The van der Waals surface area contributed by atoms with Gasteiger partial charge in [0.1, 0.15) is 21.6 Å². The summed E-state index contributed by atoms with van der Waals surface area (Å²) >= 11 is 1.45. The summed E-state index contributed by atoms with van der Waals surface area (Å²) in [5, 5.41) is 8.95. The second-order valence-corrected chi connectivity index (χ2v) is 7.72. The molecule has 0 aliphatic heterocycles. The highest BCUT2D eigenvalue weighted by molar-refractivity contribution is 7.26. The number of alkyl halides is 3. The molecule has 0 atom stereocenters. The van der Waals surface area contributed by atoms with Crippen LogP contribution in [0.2, 0.25) is 0 Å². The van der Waals surface area contributed by atoms with Crippen LogP contribution in [0.15, 0.2) is 18.5 Å². The van der Waals surface area contributed by atoms with Gasteiger partial charge in [-0.1, -0.05) is 0 Å². The normalized spacial score (nSPS) is 12.6. The Morgan fingerprint density at radius 2 is 1.90 bits per heavy atom. The lowest BCUT2D eigenvalue weighted by Gasteiger charge is -2.00. The predicted octanol–water partition coefficient (Wildman–Crippen LogP) is 4.41. The molecule has 5 heterocycles. The number of fused-ring (bicyclic) bond motifs is 5. The minimum Gasteiger partial charge on any atom is -0.261 e. The summed E-state index contributed by atoms with van der Waals surface area (Å²) in [6.45, 7) is 5.91. The number of aryl methyl sites for hydroxylation is 3. The van der Waals surface area contributed by atoms with E-state index in [0.717, 1.165) is 37.8 Å². The Bertz CT molecular complexity index is 1410. The van der Waals surface area contributed by atoms with Crippen molar-refractivity contribution in [1.29, 1.82) is 0 Å². The van der Waals surface area contributed by atoms with Gasteiger partial charge in [0.05, 0.1) is 5.52 Å². The minimum atomic E-state index is -4.53. The van der Waals surface area contributed by atoms with E-state index in [1.54, 1.807) is 6.92 Å². The number of halogens is 3. The molecule has 0 aliphatic rings. The van der Waals surface area contributed by atoms with Gasteiger partial charge in [-0.2, -0.15) is 18.3 Å². The van der Waals surface area contributed by atoms with E-state index < -0.39 is 11.9 Å².